The molecule has 0 saturated carbocycles. The molecule has 1 aromatic rings. The number of halogens is 1. The van der Waals surface area contributed by atoms with E-state index in [4.69, 9.17) is 0 Å². The second-order valence-electron chi connectivity index (χ2n) is 2.74. The Labute approximate surface area is 88.7 Å². The average Bonchev–Trinajstić information content (AvgIpc) is 2.07. The van der Waals surface area contributed by atoms with E-state index in [0.29, 0.717) is 5.69 Å². The second-order valence-corrected chi connectivity index (χ2v) is 2.74. The Balaban J connectivity index is 0.000000980. The quantitative estimate of drug-likeness (QED) is 0.697. The molecule has 0 saturated heterocycles. The molecule has 2 rings (SSSR count). The normalized spacial score (nSPS) is 17.1. The third-order valence-corrected chi connectivity index (χ3v) is 1.83. The van der Waals surface area contributed by atoms with Crippen LogP contribution in [0.3, 0.4) is 0 Å². The second kappa shape index (κ2) is 4.63. The highest BCUT2D eigenvalue weighted by Gasteiger charge is 2.02. The summed E-state index contributed by atoms with van der Waals surface area (Å²) in [7, 11) is 0. The van der Waals surface area contributed by atoms with Crippen LogP contribution in [0.5, 0.6) is 5.75 Å². The first-order valence-corrected chi connectivity index (χ1v) is 4.07. The highest BCUT2D eigenvalue weighted by molar-refractivity contribution is 5.85. The van der Waals surface area contributed by atoms with Crippen LogP contribution in [0, 0.1) is 0 Å². The number of hydrogen-bond acceptors (Lipinski definition) is 2. The minimum Gasteiger partial charge on any atom is -0.506 e. The van der Waals surface area contributed by atoms with E-state index in [9.17, 15) is 5.11 Å². The zero-order valence-corrected chi connectivity index (χ0v) is 8.24. The molecular formula is C11H10ClNO. The van der Waals surface area contributed by atoms with Gasteiger partial charge in [-0.3, -0.25) is 4.99 Å². The van der Waals surface area contributed by atoms with Crippen molar-refractivity contribution < 1.29 is 5.11 Å². The van der Waals surface area contributed by atoms with Crippen LogP contribution in [0.15, 0.2) is 41.4 Å². The highest BCUT2D eigenvalue weighted by atomic mass is 35.5. The molecule has 1 aliphatic rings. The van der Waals surface area contributed by atoms with E-state index < -0.39 is 0 Å². The number of aliphatic imine (C=N–C) groups is 1. The van der Waals surface area contributed by atoms with E-state index in [1.807, 2.05) is 30.4 Å². The summed E-state index contributed by atoms with van der Waals surface area (Å²) in [4.78, 5) is 4.13. The van der Waals surface area contributed by atoms with Gasteiger partial charge in [0.25, 0.3) is 0 Å². The average molecular weight is 208 g/mol. The molecule has 72 valence electrons. The van der Waals surface area contributed by atoms with Crippen molar-refractivity contribution in [2.75, 3.05) is 0 Å². The van der Waals surface area contributed by atoms with Crippen molar-refractivity contribution in [2.45, 2.75) is 0 Å². The number of para-hydroxylation sites is 1. The van der Waals surface area contributed by atoms with E-state index in [0.717, 1.165) is 5.56 Å². The Bertz CT molecular complexity index is 408. The van der Waals surface area contributed by atoms with E-state index in [-0.39, 0.29) is 18.2 Å². The number of nitrogens with zero attached hydrogens (tertiary/aromatic N) is 1. The van der Waals surface area contributed by atoms with Crippen molar-refractivity contribution in [3.63, 3.8) is 0 Å². The summed E-state index contributed by atoms with van der Waals surface area (Å²) in [6.07, 6.45) is 9.23. The van der Waals surface area contributed by atoms with Crippen LogP contribution >= 0.6 is 12.4 Å². The van der Waals surface area contributed by atoms with Gasteiger partial charge in [0.15, 0.2) is 0 Å². The standard InChI is InChI=1S/C11H9NO.ClH/c13-10-7-4-6-9-5-2-1-3-8-12-11(9)10;/h1-8,13H;1H/b2-1?,3-1-,5-2-,8-3?,9-5?,12-8?,12-11?;. The third-order valence-electron chi connectivity index (χ3n) is 1.83. The highest BCUT2D eigenvalue weighted by Crippen LogP contribution is 2.31. The molecule has 1 heterocycles. The summed E-state index contributed by atoms with van der Waals surface area (Å²) in [5.41, 5.74) is 1.56. The van der Waals surface area contributed by atoms with Gasteiger partial charge in [-0.2, -0.15) is 0 Å². The molecule has 0 amide bonds. The van der Waals surface area contributed by atoms with Gasteiger partial charge in [0, 0.05) is 11.8 Å². The summed E-state index contributed by atoms with van der Waals surface area (Å²) in [6, 6.07) is 5.36. The van der Waals surface area contributed by atoms with Crippen LogP contribution < -0.4 is 0 Å². The Kier molecular flexibility index (Phi) is 3.48. The van der Waals surface area contributed by atoms with E-state index in [2.05, 4.69) is 4.99 Å². The van der Waals surface area contributed by atoms with Crippen LogP contribution in [0.1, 0.15) is 5.56 Å². The number of phenolic OH excluding ortho intramolecular Hbond substituents is 1. The van der Waals surface area contributed by atoms with Gasteiger partial charge in [0.2, 0.25) is 0 Å². The third kappa shape index (κ3) is 2.03. The molecule has 3 heteroatoms. The summed E-state index contributed by atoms with van der Waals surface area (Å²) in [5, 5.41) is 9.50. The van der Waals surface area contributed by atoms with Gasteiger partial charge in [-0.1, -0.05) is 30.4 Å². The fourth-order valence-corrected chi connectivity index (χ4v) is 1.21. The Morgan fingerprint density at radius 1 is 1.07 bits per heavy atom. The molecule has 0 radical (unpaired) electrons. The summed E-state index contributed by atoms with van der Waals surface area (Å²) >= 11 is 0. The first kappa shape index (κ1) is 10.5. The lowest BCUT2D eigenvalue weighted by molar-refractivity contribution is 0.477. The van der Waals surface area contributed by atoms with Crippen molar-refractivity contribution in [3.05, 3.63) is 42.0 Å². The first-order chi connectivity index (χ1) is 6.38. The lowest BCUT2D eigenvalue weighted by atomic mass is 10.1. The number of hydrogen-bond donors (Lipinski definition) is 1. The van der Waals surface area contributed by atoms with Crippen LogP contribution in [-0.4, -0.2) is 11.3 Å². The SMILES string of the molecule is Cl.Oc1cccc2c1N=C/C=C\C=C/2. The van der Waals surface area contributed by atoms with Gasteiger partial charge >= 0.3 is 0 Å². The number of phenols is 1. The Morgan fingerprint density at radius 3 is 2.79 bits per heavy atom. The van der Waals surface area contributed by atoms with Gasteiger partial charge in [0.05, 0.1) is 0 Å². The topological polar surface area (TPSA) is 32.6 Å². The van der Waals surface area contributed by atoms with Gasteiger partial charge in [-0.15, -0.1) is 12.4 Å². The predicted octanol–water partition coefficient (Wildman–Crippen LogP) is 3.10. The largest absolute Gasteiger partial charge is 0.506 e. The summed E-state index contributed by atoms with van der Waals surface area (Å²) in [5.74, 6) is 0.216. The van der Waals surface area contributed by atoms with Crippen molar-refractivity contribution in [3.8, 4) is 5.75 Å². The maximum absolute atomic E-state index is 9.50. The fraction of sp³-hybridized carbons (Fsp3) is 0. The monoisotopic (exact) mass is 207 g/mol. The molecule has 0 unspecified atom stereocenters. The number of benzene rings is 1. The van der Waals surface area contributed by atoms with Gasteiger partial charge in [-0.05, 0) is 12.1 Å². The number of rotatable bonds is 0. The van der Waals surface area contributed by atoms with Gasteiger partial charge in [0.1, 0.15) is 11.4 Å². The molecular weight excluding hydrogens is 198 g/mol. The van der Waals surface area contributed by atoms with Crippen LogP contribution in [0.4, 0.5) is 5.69 Å². The molecule has 0 fully saturated rings. The van der Waals surface area contributed by atoms with Gasteiger partial charge in [-0.25, -0.2) is 0 Å². The lowest BCUT2D eigenvalue weighted by Gasteiger charge is -2.03. The zero-order valence-electron chi connectivity index (χ0n) is 7.42. The number of allylic oxidation sites excluding steroid dienone is 3. The number of fused-ring (bicyclic) bond motifs is 1. The summed E-state index contributed by atoms with van der Waals surface area (Å²) < 4.78 is 0. The smallest absolute Gasteiger partial charge is 0.141 e. The predicted molar refractivity (Wildman–Crippen MR) is 61.7 cm³/mol. The van der Waals surface area contributed by atoms with Crippen molar-refractivity contribution >= 4 is 30.4 Å². The first-order valence-electron chi connectivity index (χ1n) is 4.07. The molecule has 1 N–H and O–H groups in total. The van der Waals surface area contributed by atoms with Gasteiger partial charge < -0.3 is 5.11 Å². The molecule has 14 heavy (non-hydrogen) atoms. The van der Waals surface area contributed by atoms with Crippen LogP contribution in [0.25, 0.3) is 6.08 Å². The number of aromatic hydroxyl groups is 1. The Hall–Kier alpha value is -1.54. The van der Waals surface area contributed by atoms with Crippen LogP contribution in [0.2, 0.25) is 0 Å². The minimum atomic E-state index is 0. The maximum atomic E-state index is 9.50. The van der Waals surface area contributed by atoms with Crippen molar-refractivity contribution in [1.82, 2.24) is 0 Å². The molecule has 1 aromatic carbocycles. The molecule has 0 aromatic heterocycles. The van der Waals surface area contributed by atoms with Crippen LogP contribution in [-0.2, 0) is 0 Å². The maximum Gasteiger partial charge on any atom is 0.141 e. The molecule has 0 spiro atoms. The molecule has 0 atom stereocenters. The summed E-state index contributed by atoms with van der Waals surface area (Å²) in [6.45, 7) is 0. The fourth-order valence-electron chi connectivity index (χ4n) is 1.21. The zero-order chi connectivity index (χ0) is 9.10. The van der Waals surface area contributed by atoms with E-state index in [1.165, 1.54) is 0 Å². The van der Waals surface area contributed by atoms with E-state index in [1.54, 1.807) is 18.3 Å². The minimum absolute atomic E-state index is 0. The molecule has 0 bridgehead atoms. The molecule has 1 aliphatic heterocycles. The Morgan fingerprint density at radius 2 is 1.93 bits per heavy atom. The lowest BCUT2D eigenvalue weighted by Crippen LogP contribution is -1.78. The van der Waals surface area contributed by atoms with E-state index >= 15 is 0 Å². The van der Waals surface area contributed by atoms with Crippen molar-refractivity contribution in [1.29, 1.82) is 0 Å². The van der Waals surface area contributed by atoms with Crippen molar-refractivity contribution in [2.24, 2.45) is 4.99 Å². The molecule has 0 aliphatic carbocycles. The molecule has 2 nitrogen and oxygen atoms in total.